The molecule has 178 valence electrons. The first-order chi connectivity index (χ1) is 15.2. The van der Waals surface area contributed by atoms with Gasteiger partial charge in [-0.1, -0.05) is 31.5 Å². The van der Waals surface area contributed by atoms with Crippen LogP contribution >= 0.6 is 11.6 Å². The van der Waals surface area contributed by atoms with E-state index >= 15 is 0 Å². The van der Waals surface area contributed by atoms with E-state index < -0.39 is 36.1 Å². The zero-order valence-electron chi connectivity index (χ0n) is 18.0. The highest BCUT2D eigenvalue weighted by atomic mass is 35.5. The molecule has 1 aromatic carbocycles. The number of hydrogen-bond donors (Lipinski definition) is 4. The first-order valence-corrected chi connectivity index (χ1v) is 10.6. The van der Waals surface area contributed by atoms with Crippen molar-refractivity contribution < 1.29 is 33.6 Å². The highest BCUT2D eigenvalue weighted by Gasteiger charge is 2.31. The number of halogens is 2. The molecule has 1 fully saturated rings. The fraction of sp³-hybridized carbons (Fsp3) is 0.524. The third-order valence-corrected chi connectivity index (χ3v) is 4.93. The number of carbonyl (C=O) groups is 2. The molecular formula is C21H29ClFN3O6. The number of amides is 2. The van der Waals surface area contributed by atoms with Crippen LogP contribution in [0.2, 0.25) is 5.02 Å². The minimum Gasteiger partial charge on any atom is -0.484 e. The molecule has 0 saturated carbocycles. The molecule has 32 heavy (non-hydrogen) atoms. The van der Waals surface area contributed by atoms with E-state index in [0.29, 0.717) is 0 Å². The molecule has 0 aliphatic carbocycles. The number of carbonyl (C=O) groups excluding carboxylic acids is 2. The molecule has 4 atom stereocenters. The van der Waals surface area contributed by atoms with Gasteiger partial charge in [-0.25, -0.2) is 14.2 Å². The van der Waals surface area contributed by atoms with E-state index in [2.05, 4.69) is 22.5 Å². The van der Waals surface area contributed by atoms with Gasteiger partial charge in [-0.3, -0.25) is 14.9 Å². The van der Waals surface area contributed by atoms with E-state index in [4.69, 9.17) is 26.1 Å². The van der Waals surface area contributed by atoms with Crippen LogP contribution in [0.5, 0.6) is 5.75 Å². The highest BCUT2D eigenvalue weighted by molar-refractivity contribution is 6.30. The number of nitrogens with one attached hydrogen (secondary N) is 3. The van der Waals surface area contributed by atoms with E-state index in [1.807, 2.05) is 13.8 Å². The van der Waals surface area contributed by atoms with Gasteiger partial charge in [0.05, 0.1) is 11.1 Å². The van der Waals surface area contributed by atoms with Gasteiger partial charge in [0.25, 0.3) is 5.91 Å². The van der Waals surface area contributed by atoms with E-state index in [9.17, 15) is 19.1 Å². The Morgan fingerprint density at radius 1 is 1.47 bits per heavy atom. The predicted octanol–water partition coefficient (Wildman–Crippen LogP) is 1.30. The largest absolute Gasteiger partial charge is 0.484 e. The van der Waals surface area contributed by atoms with E-state index in [1.54, 1.807) is 0 Å². The summed E-state index contributed by atoms with van der Waals surface area (Å²) in [5.74, 6) is -1.21. The van der Waals surface area contributed by atoms with Gasteiger partial charge in [0, 0.05) is 18.7 Å². The monoisotopic (exact) mass is 473 g/mol. The van der Waals surface area contributed by atoms with Crippen LogP contribution in [0, 0.1) is 11.7 Å². The number of rotatable bonds is 11. The van der Waals surface area contributed by atoms with Gasteiger partial charge in [-0.15, -0.1) is 6.58 Å². The number of aliphatic hydroxyl groups excluding tert-OH is 1. The lowest BCUT2D eigenvalue weighted by molar-refractivity contribution is -0.362. The molecule has 0 spiro atoms. The maximum Gasteiger partial charge on any atom is 0.258 e. The summed E-state index contributed by atoms with van der Waals surface area (Å²) in [6.45, 7) is 7.16. The topological polar surface area (TPSA) is 118 Å². The maximum absolute atomic E-state index is 13.4. The minimum absolute atomic E-state index is 0.0475. The Balaban J connectivity index is 1.72. The maximum atomic E-state index is 13.4. The quantitative estimate of drug-likeness (QED) is 0.282. The van der Waals surface area contributed by atoms with Crippen molar-refractivity contribution in [2.45, 2.75) is 44.7 Å². The van der Waals surface area contributed by atoms with Crippen LogP contribution in [0.1, 0.15) is 20.3 Å². The minimum atomic E-state index is -0.947. The average Bonchev–Trinajstić information content (AvgIpc) is 2.77. The second kappa shape index (κ2) is 12.7. The van der Waals surface area contributed by atoms with Gasteiger partial charge in [-0.2, -0.15) is 0 Å². The van der Waals surface area contributed by atoms with Crippen molar-refractivity contribution in [2.75, 3.05) is 19.8 Å². The summed E-state index contributed by atoms with van der Waals surface area (Å²) in [6, 6.07) is 2.70. The van der Waals surface area contributed by atoms with Crippen molar-refractivity contribution in [3.8, 4) is 5.75 Å². The Labute approximate surface area is 191 Å². The predicted molar refractivity (Wildman–Crippen MR) is 115 cm³/mol. The SMILES string of the molecule is C=CC(CC(O)CNC(=O)COc1ccc(Cl)c(F)c1)NC(=O)C1COOC(C(C)C)N1. The van der Waals surface area contributed by atoms with Gasteiger partial charge < -0.3 is 20.5 Å². The third-order valence-electron chi connectivity index (χ3n) is 4.63. The van der Waals surface area contributed by atoms with E-state index in [-0.39, 0.29) is 48.8 Å². The molecule has 1 aromatic rings. The number of ether oxygens (including phenoxy) is 1. The normalized spacial score (nSPS) is 20.3. The van der Waals surface area contributed by atoms with Crippen molar-refractivity contribution in [1.82, 2.24) is 16.0 Å². The first-order valence-electron chi connectivity index (χ1n) is 10.2. The molecule has 0 bridgehead atoms. The number of benzene rings is 1. The number of hydrogen-bond acceptors (Lipinski definition) is 7. The van der Waals surface area contributed by atoms with E-state index in [1.165, 1.54) is 18.2 Å². The third kappa shape index (κ3) is 8.36. The highest BCUT2D eigenvalue weighted by Crippen LogP contribution is 2.20. The summed E-state index contributed by atoms with van der Waals surface area (Å²) >= 11 is 5.59. The van der Waals surface area contributed by atoms with Crippen LogP contribution in [0.3, 0.4) is 0 Å². The van der Waals surface area contributed by atoms with Gasteiger partial charge in [0.1, 0.15) is 30.4 Å². The zero-order chi connectivity index (χ0) is 23.7. The van der Waals surface area contributed by atoms with Crippen LogP contribution in [0.15, 0.2) is 30.9 Å². The molecule has 4 N–H and O–H groups in total. The fourth-order valence-electron chi connectivity index (χ4n) is 2.78. The molecule has 11 heteroatoms. The Morgan fingerprint density at radius 2 is 2.22 bits per heavy atom. The Morgan fingerprint density at radius 3 is 2.88 bits per heavy atom. The van der Waals surface area contributed by atoms with Crippen molar-refractivity contribution in [2.24, 2.45) is 5.92 Å². The lowest BCUT2D eigenvalue weighted by Gasteiger charge is -2.32. The van der Waals surface area contributed by atoms with Crippen LogP contribution in [0.4, 0.5) is 4.39 Å². The lowest BCUT2D eigenvalue weighted by Crippen LogP contribution is -2.57. The summed E-state index contributed by atoms with van der Waals surface area (Å²) in [7, 11) is 0. The smallest absolute Gasteiger partial charge is 0.258 e. The van der Waals surface area contributed by atoms with Crippen LogP contribution in [-0.2, 0) is 19.4 Å². The van der Waals surface area contributed by atoms with Crippen molar-refractivity contribution >= 4 is 23.4 Å². The Kier molecular flexibility index (Phi) is 10.3. The molecule has 0 radical (unpaired) electrons. The van der Waals surface area contributed by atoms with Crippen molar-refractivity contribution in [1.29, 1.82) is 0 Å². The summed E-state index contributed by atoms with van der Waals surface area (Å²) in [5.41, 5.74) is 0. The van der Waals surface area contributed by atoms with Gasteiger partial charge in [0.15, 0.2) is 6.61 Å². The second-order valence-electron chi connectivity index (χ2n) is 7.67. The standard InChI is InChI=1S/C21H29ClFN3O6/c1-4-13(25-20(29)18-10-31-32-21(26-18)12(2)3)7-14(27)9-24-19(28)11-30-15-5-6-16(22)17(23)8-15/h4-6,8,12-14,18,21,26-27H,1,7,9-11H2,2-3H3,(H,24,28)(H,25,29). The molecule has 0 aromatic heterocycles. The lowest BCUT2D eigenvalue weighted by atomic mass is 10.1. The fourth-order valence-corrected chi connectivity index (χ4v) is 2.90. The molecule has 2 amide bonds. The molecule has 1 heterocycles. The van der Waals surface area contributed by atoms with Crippen LogP contribution < -0.4 is 20.7 Å². The van der Waals surface area contributed by atoms with Gasteiger partial charge in [0.2, 0.25) is 5.91 Å². The van der Waals surface area contributed by atoms with Crippen molar-refractivity contribution in [3.05, 3.63) is 41.7 Å². The molecule has 4 unspecified atom stereocenters. The molecular weight excluding hydrogens is 445 g/mol. The Hall–Kier alpha value is -2.24. The summed E-state index contributed by atoms with van der Waals surface area (Å²) in [5, 5.41) is 18.5. The van der Waals surface area contributed by atoms with Gasteiger partial charge >= 0.3 is 0 Å². The average molecular weight is 474 g/mol. The number of aliphatic hydroxyl groups is 1. The van der Waals surface area contributed by atoms with Crippen molar-refractivity contribution in [3.63, 3.8) is 0 Å². The summed E-state index contributed by atoms with van der Waals surface area (Å²) in [6.07, 6.45) is 0.282. The van der Waals surface area contributed by atoms with Gasteiger partial charge in [-0.05, 0) is 24.5 Å². The molecule has 1 saturated heterocycles. The molecule has 2 rings (SSSR count). The summed E-state index contributed by atoms with van der Waals surface area (Å²) in [4.78, 5) is 34.5. The molecule has 9 nitrogen and oxygen atoms in total. The van der Waals surface area contributed by atoms with Crippen LogP contribution in [-0.4, -0.2) is 61.1 Å². The molecule has 1 aliphatic rings. The van der Waals surface area contributed by atoms with Crippen LogP contribution in [0.25, 0.3) is 0 Å². The Bertz CT molecular complexity index is 797. The molecule has 1 aliphatic heterocycles. The first kappa shape index (κ1) is 26.0. The zero-order valence-corrected chi connectivity index (χ0v) is 18.7. The summed E-state index contributed by atoms with van der Waals surface area (Å²) < 4.78 is 18.6. The second-order valence-corrected chi connectivity index (χ2v) is 8.08. The van der Waals surface area contributed by atoms with E-state index in [0.717, 1.165) is 6.07 Å².